The summed E-state index contributed by atoms with van der Waals surface area (Å²) in [5.74, 6) is 0.450. The van der Waals surface area contributed by atoms with Crippen molar-refractivity contribution in [2.75, 3.05) is 13.7 Å². The topological polar surface area (TPSA) is 84.0 Å². The van der Waals surface area contributed by atoms with E-state index < -0.39 is 6.03 Å². The minimum atomic E-state index is -0.447. The Labute approximate surface area is 145 Å². The van der Waals surface area contributed by atoms with Gasteiger partial charge in [-0.05, 0) is 54.4 Å². The van der Waals surface area contributed by atoms with Gasteiger partial charge >= 0.3 is 6.03 Å². The van der Waals surface area contributed by atoms with Crippen molar-refractivity contribution < 1.29 is 19.6 Å². The molecule has 0 heterocycles. The van der Waals surface area contributed by atoms with E-state index in [-0.39, 0.29) is 24.5 Å². The van der Waals surface area contributed by atoms with Gasteiger partial charge in [0.05, 0.1) is 11.6 Å². The Morgan fingerprint density at radius 3 is 2.61 bits per heavy atom. The number of rotatable bonds is 7. The Kier molecular flexibility index (Phi) is 8.05. The molecule has 0 fully saturated rings. The molecular weight excluding hydrogens is 362 g/mol. The van der Waals surface area contributed by atoms with E-state index in [1.54, 1.807) is 7.11 Å². The van der Waals surface area contributed by atoms with Crippen molar-refractivity contribution in [2.45, 2.75) is 39.3 Å². The van der Waals surface area contributed by atoms with Crippen molar-refractivity contribution in [3.63, 3.8) is 0 Å². The van der Waals surface area contributed by atoms with Crippen LogP contribution in [0.3, 0.4) is 0 Å². The van der Waals surface area contributed by atoms with Crippen molar-refractivity contribution in [1.29, 1.82) is 0 Å². The van der Waals surface area contributed by atoms with Crippen molar-refractivity contribution in [3.05, 3.63) is 28.2 Å². The minimum Gasteiger partial charge on any atom is -0.496 e. The van der Waals surface area contributed by atoms with Crippen LogP contribution in [-0.2, 0) is 4.79 Å². The second-order valence-electron chi connectivity index (χ2n) is 5.45. The molecule has 6 nitrogen and oxygen atoms in total. The lowest BCUT2D eigenvalue weighted by Gasteiger charge is -2.14. The summed E-state index contributed by atoms with van der Waals surface area (Å²) in [5, 5.41) is 6.90. The first-order valence-corrected chi connectivity index (χ1v) is 8.43. The number of carbonyl (C=O) groups excluding carboxylic acids is 2. The lowest BCUT2D eigenvalue weighted by Crippen LogP contribution is -2.87. The maximum absolute atomic E-state index is 11.8. The minimum absolute atomic E-state index is 0.0438. The zero-order valence-corrected chi connectivity index (χ0v) is 15.6. The predicted molar refractivity (Wildman–Crippen MR) is 92.3 cm³/mol. The Morgan fingerprint density at radius 1 is 1.35 bits per heavy atom. The first kappa shape index (κ1) is 19.4. The van der Waals surface area contributed by atoms with Gasteiger partial charge in [0.15, 0.2) is 6.54 Å². The number of quaternary nitrogens is 1. The van der Waals surface area contributed by atoms with E-state index in [2.05, 4.69) is 26.6 Å². The summed E-state index contributed by atoms with van der Waals surface area (Å²) < 4.78 is 6.07. The van der Waals surface area contributed by atoms with E-state index in [1.165, 1.54) is 0 Å². The first-order valence-electron chi connectivity index (χ1n) is 7.64. The number of carbonyl (C=O) groups is 2. The summed E-state index contributed by atoms with van der Waals surface area (Å²) in [6, 6.07) is 5.48. The molecule has 0 aliphatic heterocycles. The second-order valence-corrected chi connectivity index (χ2v) is 6.31. The Balaban J connectivity index is 2.46. The highest BCUT2D eigenvalue weighted by Crippen LogP contribution is 2.26. The lowest BCUT2D eigenvalue weighted by atomic mass is 10.1. The number of urea groups is 1. The zero-order valence-electron chi connectivity index (χ0n) is 14.0. The molecule has 23 heavy (non-hydrogen) atoms. The fourth-order valence-electron chi connectivity index (χ4n) is 1.93. The first-order chi connectivity index (χ1) is 10.9. The number of ether oxygens (including phenoxy) is 1. The lowest BCUT2D eigenvalue weighted by molar-refractivity contribution is -0.682. The Morgan fingerprint density at radius 2 is 2.04 bits per heavy atom. The maximum Gasteiger partial charge on any atom is 0.321 e. The molecule has 0 aromatic heterocycles. The fraction of sp³-hybridized carbons (Fsp3) is 0.500. The van der Waals surface area contributed by atoms with Gasteiger partial charge in [-0.2, -0.15) is 0 Å². The van der Waals surface area contributed by atoms with Crippen LogP contribution >= 0.6 is 15.9 Å². The van der Waals surface area contributed by atoms with Crippen LogP contribution in [0.25, 0.3) is 0 Å². The molecule has 1 rings (SSSR count). The van der Waals surface area contributed by atoms with Crippen LogP contribution in [0.2, 0.25) is 0 Å². The van der Waals surface area contributed by atoms with Crippen LogP contribution < -0.4 is 20.7 Å². The molecule has 0 saturated heterocycles. The highest BCUT2D eigenvalue weighted by Gasteiger charge is 2.15. The molecule has 0 bridgehead atoms. The second kappa shape index (κ2) is 9.52. The van der Waals surface area contributed by atoms with Gasteiger partial charge in [0.1, 0.15) is 11.8 Å². The van der Waals surface area contributed by atoms with E-state index in [9.17, 15) is 9.59 Å². The van der Waals surface area contributed by atoms with Gasteiger partial charge in [-0.3, -0.25) is 10.1 Å². The van der Waals surface area contributed by atoms with Crippen LogP contribution in [0.1, 0.15) is 38.8 Å². The maximum atomic E-state index is 11.8. The Hall–Kier alpha value is -1.60. The van der Waals surface area contributed by atoms with Gasteiger partial charge in [0.25, 0.3) is 5.91 Å². The molecule has 0 radical (unpaired) electrons. The predicted octanol–water partition coefficient (Wildman–Crippen LogP) is 1.71. The van der Waals surface area contributed by atoms with Crippen LogP contribution in [-0.4, -0.2) is 31.6 Å². The van der Waals surface area contributed by atoms with Gasteiger partial charge in [-0.15, -0.1) is 0 Å². The summed E-state index contributed by atoms with van der Waals surface area (Å²) in [7, 11) is 1.62. The summed E-state index contributed by atoms with van der Waals surface area (Å²) in [5.41, 5.74) is 1.06. The van der Waals surface area contributed by atoms with Crippen LogP contribution in [0, 0.1) is 0 Å². The monoisotopic (exact) mass is 386 g/mol. The molecule has 2 atom stereocenters. The quantitative estimate of drug-likeness (QED) is 0.666. The zero-order chi connectivity index (χ0) is 17.4. The number of hydrogen-bond donors (Lipinski definition) is 3. The normalized spacial score (nSPS) is 13.1. The van der Waals surface area contributed by atoms with Gasteiger partial charge < -0.3 is 15.4 Å². The van der Waals surface area contributed by atoms with Crippen molar-refractivity contribution >= 4 is 27.9 Å². The number of halogens is 1. The van der Waals surface area contributed by atoms with E-state index in [4.69, 9.17) is 4.74 Å². The average Bonchev–Trinajstić information content (AvgIpc) is 2.52. The molecule has 0 unspecified atom stereocenters. The van der Waals surface area contributed by atoms with E-state index in [0.29, 0.717) is 0 Å². The number of amides is 3. The molecule has 0 spiro atoms. The molecule has 0 aliphatic rings. The van der Waals surface area contributed by atoms with E-state index >= 15 is 0 Å². The number of benzene rings is 1. The number of imide groups is 1. The third-order valence-corrected chi connectivity index (χ3v) is 4.22. The summed E-state index contributed by atoms with van der Waals surface area (Å²) in [4.78, 5) is 23.4. The number of methoxy groups -OCH3 is 1. The molecule has 1 aromatic carbocycles. The summed E-state index contributed by atoms with van der Waals surface area (Å²) >= 11 is 3.45. The molecular formula is C16H25BrN3O3+. The molecule has 128 valence electrons. The fourth-order valence-corrected chi connectivity index (χ4v) is 2.48. The van der Waals surface area contributed by atoms with Crippen molar-refractivity contribution in [1.82, 2.24) is 10.6 Å². The molecule has 0 aliphatic carbocycles. The van der Waals surface area contributed by atoms with Crippen molar-refractivity contribution in [3.8, 4) is 5.75 Å². The van der Waals surface area contributed by atoms with Gasteiger partial charge in [-0.1, -0.05) is 6.92 Å². The molecule has 7 heteroatoms. The third kappa shape index (κ3) is 6.58. The highest BCUT2D eigenvalue weighted by molar-refractivity contribution is 9.10. The largest absolute Gasteiger partial charge is 0.496 e. The van der Waals surface area contributed by atoms with Crippen molar-refractivity contribution in [2.24, 2.45) is 0 Å². The molecule has 4 N–H and O–H groups in total. The number of nitrogens with one attached hydrogen (secondary N) is 2. The van der Waals surface area contributed by atoms with Crippen LogP contribution in [0.5, 0.6) is 5.75 Å². The SMILES string of the molecule is CC[C@H](C)NC(=O)NC(=O)C[NH2+][C@@H](C)c1ccc(OC)c(Br)c1. The average molecular weight is 387 g/mol. The van der Waals surface area contributed by atoms with Gasteiger partial charge in [0, 0.05) is 11.6 Å². The smallest absolute Gasteiger partial charge is 0.321 e. The standard InChI is InChI=1S/C16H24BrN3O3/c1-5-10(2)19-16(22)20-15(21)9-18-11(3)12-6-7-14(23-4)13(17)8-12/h6-8,10-11,18H,5,9H2,1-4H3,(H2,19,20,21,22)/p+1/t10-,11-/m0/s1. The van der Waals surface area contributed by atoms with E-state index in [0.717, 1.165) is 22.2 Å². The number of hydrogen-bond acceptors (Lipinski definition) is 3. The third-order valence-electron chi connectivity index (χ3n) is 3.60. The summed E-state index contributed by atoms with van der Waals surface area (Å²) in [6.45, 7) is 6.04. The van der Waals surface area contributed by atoms with Gasteiger partial charge in [0.2, 0.25) is 0 Å². The highest BCUT2D eigenvalue weighted by atomic mass is 79.9. The van der Waals surface area contributed by atoms with E-state index in [1.807, 2.05) is 44.3 Å². The summed E-state index contributed by atoms with van der Waals surface area (Å²) in [6.07, 6.45) is 0.817. The molecule has 3 amide bonds. The van der Waals surface area contributed by atoms with Crippen LogP contribution in [0.4, 0.5) is 4.79 Å². The molecule has 1 aromatic rings. The van der Waals surface area contributed by atoms with Gasteiger partial charge in [-0.25, -0.2) is 4.79 Å². The number of nitrogens with two attached hydrogens (primary N) is 1. The molecule has 0 saturated carbocycles. The van der Waals surface area contributed by atoms with Crippen LogP contribution in [0.15, 0.2) is 22.7 Å². The Bertz CT molecular complexity index is 551.